The molecular formula is C15H18N6OS2. The number of nitrogens with one attached hydrogen (secondary N) is 1. The Morgan fingerprint density at radius 3 is 3.04 bits per heavy atom. The summed E-state index contributed by atoms with van der Waals surface area (Å²) in [5, 5.41) is 15.7. The Bertz CT molecular complexity index is 857. The molecule has 0 radical (unpaired) electrons. The molecule has 0 fully saturated rings. The van der Waals surface area contributed by atoms with Gasteiger partial charge in [0.05, 0.1) is 16.0 Å². The maximum absolute atomic E-state index is 12.1. The summed E-state index contributed by atoms with van der Waals surface area (Å²) in [5.74, 6) is 0.565. The van der Waals surface area contributed by atoms with Crippen molar-refractivity contribution < 1.29 is 4.79 Å². The fourth-order valence-corrected chi connectivity index (χ4v) is 3.80. The van der Waals surface area contributed by atoms with Crippen LogP contribution in [0.5, 0.6) is 0 Å². The number of hydrogen-bond acceptors (Lipinski definition) is 7. The van der Waals surface area contributed by atoms with E-state index < -0.39 is 0 Å². The number of fused-ring (bicyclic) bond motifs is 1. The molecule has 0 unspecified atom stereocenters. The van der Waals surface area contributed by atoms with Crippen molar-refractivity contribution >= 4 is 44.4 Å². The van der Waals surface area contributed by atoms with Gasteiger partial charge in [0.15, 0.2) is 5.13 Å². The van der Waals surface area contributed by atoms with Crippen molar-refractivity contribution in [1.29, 1.82) is 0 Å². The average Bonchev–Trinajstić information content (AvgIpc) is 3.10. The summed E-state index contributed by atoms with van der Waals surface area (Å²) in [6.45, 7) is 6.96. The zero-order chi connectivity index (χ0) is 17.1. The van der Waals surface area contributed by atoms with E-state index in [4.69, 9.17) is 0 Å². The van der Waals surface area contributed by atoms with Crippen LogP contribution in [0.3, 0.4) is 0 Å². The van der Waals surface area contributed by atoms with Gasteiger partial charge in [-0.05, 0) is 41.0 Å². The molecule has 9 heteroatoms. The summed E-state index contributed by atoms with van der Waals surface area (Å²) in [5.41, 5.74) is 2.08. The summed E-state index contributed by atoms with van der Waals surface area (Å²) in [6.07, 6.45) is 0. The lowest BCUT2D eigenvalue weighted by molar-refractivity contribution is -0.113. The molecule has 0 saturated heterocycles. The summed E-state index contributed by atoms with van der Waals surface area (Å²) >= 11 is 2.80. The van der Waals surface area contributed by atoms with E-state index in [1.807, 2.05) is 19.1 Å². The van der Waals surface area contributed by atoms with Gasteiger partial charge < -0.3 is 5.32 Å². The standard InChI is InChI=1S/C15H18N6OS2/c1-9(2)7-21-15(18-19-20-21)23-8-13(22)17-14-16-11-5-4-10(3)6-12(11)24-14/h4-6,9H,7-8H2,1-3H3,(H,16,17,22). The molecule has 0 aliphatic carbocycles. The van der Waals surface area contributed by atoms with E-state index in [0.717, 1.165) is 16.8 Å². The van der Waals surface area contributed by atoms with Gasteiger partial charge in [-0.2, -0.15) is 0 Å². The van der Waals surface area contributed by atoms with Crippen LogP contribution in [-0.4, -0.2) is 36.9 Å². The van der Waals surface area contributed by atoms with Crippen LogP contribution < -0.4 is 5.32 Å². The van der Waals surface area contributed by atoms with Crippen LogP contribution in [0, 0.1) is 12.8 Å². The van der Waals surface area contributed by atoms with Crippen molar-refractivity contribution in [3.63, 3.8) is 0 Å². The van der Waals surface area contributed by atoms with Crippen molar-refractivity contribution in [2.45, 2.75) is 32.5 Å². The Kier molecular flexibility index (Phi) is 5.10. The van der Waals surface area contributed by atoms with Crippen LogP contribution >= 0.6 is 23.1 Å². The summed E-state index contributed by atoms with van der Waals surface area (Å²) in [7, 11) is 0. The van der Waals surface area contributed by atoms with Gasteiger partial charge in [0.1, 0.15) is 0 Å². The number of aromatic nitrogens is 5. The number of thiazole rings is 1. The van der Waals surface area contributed by atoms with Crippen molar-refractivity contribution in [2.75, 3.05) is 11.1 Å². The lowest BCUT2D eigenvalue weighted by atomic mass is 10.2. The van der Waals surface area contributed by atoms with Gasteiger partial charge in [0, 0.05) is 6.54 Å². The van der Waals surface area contributed by atoms with E-state index in [9.17, 15) is 4.79 Å². The molecule has 0 bridgehead atoms. The first-order valence-electron chi connectivity index (χ1n) is 7.57. The maximum atomic E-state index is 12.1. The molecule has 3 aromatic rings. The number of benzene rings is 1. The number of thioether (sulfide) groups is 1. The first-order chi connectivity index (χ1) is 11.5. The third kappa shape index (κ3) is 4.09. The van der Waals surface area contributed by atoms with Gasteiger partial charge in [0.25, 0.3) is 0 Å². The Labute approximate surface area is 147 Å². The number of amides is 1. The van der Waals surface area contributed by atoms with Gasteiger partial charge in [0.2, 0.25) is 11.1 Å². The number of anilines is 1. The van der Waals surface area contributed by atoms with Crippen molar-refractivity contribution in [2.24, 2.45) is 5.92 Å². The van der Waals surface area contributed by atoms with E-state index >= 15 is 0 Å². The number of nitrogens with zero attached hydrogens (tertiary/aromatic N) is 5. The largest absolute Gasteiger partial charge is 0.301 e. The summed E-state index contributed by atoms with van der Waals surface area (Å²) < 4.78 is 2.79. The number of hydrogen-bond donors (Lipinski definition) is 1. The van der Waals surface area contributed by atoms with E-state index in [2.05, 4.69) is 45.7 Å². The van der Waals surface area contributed by atoms with E-state index in [1.165, 1.54) is 28.7 Å². The number of tetrazole rings is 1. The number of rotatable bonds is 6. The molecule has 126 valence electrons. The minimum atomic E-state index is -0.116. The minimum Gasteiger partial charge on any atom is -0.301 e. The molecule has 2 aromatic heterocycles. The highest BCUT2D eigenvalue weighted by Crippen LogP contribution is 2.27. The number of aryl methyl sites for hydroxylation is 1. The molecule has 1 aromatic carbocycles. The fourth-order valence-electron chi connectivity index (χ4n) is 2.13. The van der Waals surface area contributed by atoms with Crippen LogP contribution in [0.2, 0.25) is 0 Å². The molecule has 2 heterocycles. The second-order valence-electron chi connectivity index (χ2n) is 5.86. The third-order valence-electron chi connectivity index (χ3n) is 3.16. The summed E-state index contributed by atoms with van der Waals surface area (Å²) in [6, 6.07) is 6.04. The molecule has 1 amide bonds. The maximum Gasteiger partial charge on any atom is 0.236 e. The van der Waals surface area contributed by atoms with Gasteiger partial charge in [-0.3, -0.25) is 4.79 Å². The van der Waals surface area contributed by atoms with Crippen LogP contribution in [0.25, 0.3) is 10.2 Å². The molecule has 24 heavy (non-hydrogen) atoms. The van der Waals surface area contributed by atoms with Crippen LogP contribution in [0.15, 0.2) is 23.4 Å². The van der Waals surface area contributed by atoms with Crippen molar-refractivity contribution in [3.05, 3.63) is 23.8 Å². The normalized spacial score (nSPS) is 11.3. The Balaban J connectivity index is 1.60. The lowest BCUT2D eigenvalue weighted by Gasteiger charge is -2.06. The van der Waals surface area contributed by atoms with Crippen LogP contribution in [-0.2, 0) is 11.3 Å². The van der Waals surface area contributed by atoms with Crippen LogP contribution in [0.4, 0.5) is 5.13 Å². The highest BCUT2D eigenvalue weighted by Gasteiger charge is 2.12. The monoisotopic (exact) mass is 362 g/mol. The fraction of sp³-hybridized carbons (Fsp3) is 0.400. The molecule has 0 saturated carbocycles. The third-order valence-corrected chi connectivity index (χ3v) is 5.05. The topological polar surface area (TPSA) is 85.6 Å². The van der Waals surface area contributed by atoms with Gasteiger partial charge in [-0.25, -0.2) is 9.67 Å². The SMILES string of the molecule is Cc1ccc2nc(NC(=O)CSc3nnnn3CC(C)C)sc2c1. The van der Waals surface area contributed by atoms with E-state index in [1.54, 1.807) is 4.68 Å². The van der Waals surface area contributed by atoms with Gasteiger partial charge in [-0.15, -0.1) is 5.10 Å². The lowest BCUT2D eigenvalue weighted by Crippen LogP contribution is -2.15. The second-order valence-corrected chi connectivity index (χ2v) is 7.84. The molecule has 7 nitrogen and oxygen atoms in total. The second kappa shape index (κ2) is 7.27. The Morgan fingerprint density at radius 2 is 2.25 bits per heavy atom. The first-order valence-corrected chi connectivity index (χ1v) is 9.37. The molecule has 0 aliphatic rings. The minimum absolute atomic E-state index is 0.116. The van der Waals surface area contributed by atoms with Gasteiger partial charge >= 0.3 is 0 Å². The smallest absolute Gasteiger partial charge is 0.236 e. The van der Waals surface area contributed by atoms with E-state index in [-0.39, 0.29) is 11.7 Å². The summed E-state index contributed by atoms with van der Waals surface area (Å²) in [4.78, 5) is 16.6. The Hall–Kier alpha value is -2.00. The van der Waals surface area contributed by atoms with Gasteiger partial charge in [-0.1, -0.05) is 43.0 Å². The molecular weight excluding hydrogens is 344 g/mol. The van der Waals surface area contributed by atoms with Crippen LogP contribution in [0.1, 0.15) is 19.4 Å². The van der Waals surface area contributed by atoms with E-state index in [0.29, 0.717) is 16.2 Å². The highest BCUT2D eigenvalue weighted by atomic mass is 32.2. The predicted molar refractivity (Wildman–Crippen MR) is 96.4 cm³/mol. The molecule has 1 N–H and O–H groups in total. The zero-order valence-corrected chi connectivity index (χ0v) is 15.3. The highest BCUT2D eigenvalue weighted by molar-refractivity contribution is 7.99. The Morgan fingerprint density at radius 1 is 1.42 bits per heavy atom. The average molecular weight is 362 g/mol. The van der Waals surface area contributed by atoms with Crippen molar-refractivity contribution in [1.82, 2.24) is 25.2 Å². The molecule has 0 spiro atoms. The zero-order valence-electron chi connectivity index (χ0n) is 13.7. The first kappa shape index (κ1) is 16.8. The molecule has 0 atom stereocenters. The molecule has 0 aliphatic heterocycles. The van der Waals surface area contributed by atoms with Crippen molar-refractivity contribution in [3.8, 4) is 0 Å². The number of carbonyl (C=O) groups is 1. The quantitative estimate of drug-likeness (QED) is 0.679. The number of carbonyl (C=O) groups excluding carboxylic acids is 1. The predicted octanol–water partition coefficient (Wildman–Crippen LogP) is 2.98. The molecule has 3 rings (SSSR count).